The summed E-state index contributed by atoms with van der Waals surface area (Å²) in [6.45, 7) is 6.70. The van der Waals surface area contributed by atoms with E-state index >= 15 is 0 Å². The summed E-state index contributed by atoms with van der Waals surface area (Å²) < 4.78 is 5.56. The molecule has 0 atom stereocenters. The summed E-state index contributed by atoms with van der Waals surface area (Å²) in [5, 5.41) is 0. The van der Waals surface area contributed by atoms with E-state index in [9.17, 15) is 9.59 Å². The number of rotatable bonds is 6. The van der Waals surface area contributed by atoms with Gasteiger partial charge in [-0.25, -0.2) is 0 Å². The molecule has 2 amide bonds. The van der Waals surface area contributed by atoms with Gasteiger partial charge in [0.25, 0.3) is 11.8 Å². The summed E-state index contributed by atoms with van der Waals surface area (Å²) in [7, 11) is 0. The fraction of sp³-hybridized carbons (Fsp3) is 0.300. The minimum atomic E-state index is -0.418. The summed E-state index contributed by atoms with van der Waals surface area (Å²) >= 11 is 0. The van der Waals surface area contributed by atoms with Crippen LogP contribution in [0.1, 0.15) is 59.4 Å². The molecule has 132 valence electrons. The molecule has 0 aliphatic carbocycles. The number of hydrogen-bond donors (Lipinski definition) is 2. The van der Waals surface area contributed by atoms with E-state index in [0.717, 1.165) is 12.0 Å². The zero-order valence-corrected chi connectivity index (χ0v) is 14.8. The van der Waals surface area contributed by atoms with Gasteiger partial charge in [0.05, 0.1) is 12.2 Å². The Hall–Kier alpha value is -2.82. The molecule has 2 N–H and O–H groups in total. The molecular formula is C20H24N2O3. The largest absolute Gasteiger partial charge is 0.493 e. The lowest BCUT2D eigenvalue weighted by molar-refractivity contribution is 0.0844. The number of para-hydroxylation sites is 1. The van der Waals surface area contributed by atoms with Gasteiger partial charge < -0.3 is 4.74 Å². The molecule has 0 saturated carbocycles. The molecule has 2 aromatic carbocycles. The molecule has 0 heterocycles. The summed E-state index contributed by atoms with van der Waals surface area (Å²) in [6.07, 6.45) is 0.846. The predicted molar refractivity (Wildman–Crippen MR) is 97.7 cm³/mol. The van der Waals surface area contributed by atoms with Crippen LogP contribution in [-0.2, 0) is 0 Å². The van der Waals surface area contributed by atoms with Crippen molar-refractivity contribution in [2.75, 3.05) is 6.61 Å². The van der Waals surface area contributed by atoms with Gasteiger partial charge in [-0.05, 0) is 42.2 Å². The first-order valence-electron chi connectivity index (χ1n) is 8.45. The second-order valence-electron chi connectivity index (χ2n) is 6.03. The van der Waals surface area contributed by atoms with Crippen molar-refractivity contribution in [2.45, 2.75) is 33.1 Å². The monoisotopic (exact) mass is 340 g/mol. The van der Waals surface area contributed by atoms with Crippen LogP contribution in [0, 0.1) is 0 Å². The van der Waals surface area contributed by atoms with Crippen molar-refractivity contribution in [2.24, 2.45) is 0 Å². The Kier molecular flexibility index (Phi) is 6.57. The van der Waals surface area contributed by atoms with Gasteiger partial charge in [0.1, 0.15) is 5.75 Å². The molecule has 0 aliphatic heterocycles. The van der Waals surface area contributed by atoms with E-state index < -0.39 is 5.91 Å². The zero-order chi connectivity index (χ0) is 18.2. The number of nitrogens with one attached hydrogen (secondary N) is 2. The van der Waals surface area contributed by atoms with E-state index in [4.69, 9.17) is 4.74 Å². The van der Waals surface area contributed by atoms with Gasteiger partial charge in [0.15, 0.2) is 0 Å². The van der Waals surface area contributed by atoms with Crippen LogP contribution in [-0.4, -0.2) is 18.4 Å². The minimum absolute atomic E-state index is 0.365. The van der Waals surface area contributed by atoms with Crippen molar-refractivity contribution in [1.29, 1.82) is 0 Å². The van der Waals surface area contributed by atoms with Gasteiger partial charge in [-0.1, -0.05) is 45.0 Å². The van der Waals surface area contributed by atoms with Crippen LogP contribution >= 0.6 is 0 Å². The number of hydrazine groups is 1. The molecule has 0 fully saturated rings. The summed E-state index contributed by atoms with van der Waals surface area (Å²) in [5.41, 5.74) is 6.89. The summed E-state index contributed by atoms with van der Waals surface area (Å²) in [4.78, 5) is 24.5. The molecule has 0 aliphatic rings. The third-order valence-corrected chi connectivity index (χ3v) is 3.72. The number of ether oxygens (including phenoxy) is 1. The average molecular weight is 340 g/mol. The van der Waals surface area contributed by atoms with Crippen molar-refractivity contribution >= 4 is 11.8 Å². The molecule has 0 unspecified atom stereocenters. The van der Waals surface area contributed by atoms with Crippen LogP contribution in [0.5, 0.6) is 5.75 Å². The van der Waals surface area contributed by atoms with Crippen molar-refractivity contribution in [3.63, 3.8) is 0 Å². The Morgan fingerprint density at radius 3 is 2.24 bits per heavy atom. The Morgan fingerprint density at radius 2 is 1.60 bits per heavy atom. The second kappa shape index (κ2) is 8.87. The summed E-state index contributed by atoms with van der Waals surface area (Å²) in [5.74, 6) is 0.114. The molecule has 2 rings (SSSR count). The fourth-order valence-electron chi connectivity index (χ4n) is 2.26. The molecule has 0 spiro atoms. The van der Waals surface area contributed by atoms with Crippen LogP contribution in [0.3, 0.4) is 0 Å². The van der Waals surface area contributed by atoms with Crippen molar-refractivity contribution in [1.82, 2.24) is 10.9 Å². The number of carbonyl (C=O) groups excluding carboxylic acids is 2. The van der Waals surface area contributed by atoms with Gasteiger partial charge in [0.2, 0.25) is 0 Å². The van der Waals surface area contributed by atoms with Gasteiger partial charge in [0, 0.05) is 5.56 Å². The van der Waals surface area contributed by atoms with E-state index in [1.807, 2.05) is 19.1 Å². The van der Waals surface area contributed by atoms with Crippen molar-refractivity contribution in [3.8, 4) is 5.75 Å². The highest BCUT2D eigenvalue weighted by atomic mass is 16.5. The lowest BCUT2D eigenvalue weighted by Gasteiger charge is -2.12. The quantitative estimate of drug-likeness (QED) is 0.788. The first-order valence-corrected chi connectivity index (χ1v) is 8.45. The Morgan fingerprint density at radius 1 is 0.960 bits per heavy atom. The van der Waals surface area contributed by atoms with Gasteiger partial charge in [-0.2, -0.15) is 0 Å². The molecule has 25 heavy (non-hydrogen) atoms. The summed E-state index contributed by atoms with van der Waals surface area (Å²) in [6, 6.07) is 14.3. The lowest BCUT2D eigenvalue weighted by atomic mass is 10.0. The van der Waals surface area contributed by atoms with Crippen LogP contribution in [0.25, 0.3) is 0 Å². The van der Waals surface area contributed by atoms with E-state index in [2.05, 4.69) is 24.7 Å². The molecule has 0 radical (unpaired) electrons. The molecule has 5 heteroatoms. The first-order chi connectivity index (χ1) is 12.0. The van der Waals surface area contributed by atoms with Crippen LogP contribution in [0.15, 0.2) is 48.5 Å². The van der Waals surface area contributed by atoms with E-state index in [0.29, 0.717) is 29.4 Å². The highest BCUT2D eigenvalue weighted by Crippen LogP contribution is 2.18. The minimum Gasteiger partial charge on any atom is -0.493 e. The highest BCUT2D eigenvalue weighted by Gasteiger charge is 2.13. The van der Waals surface area contributed by atoms with E-state index in [1.54, 1.807) is 36.4 Å². The maximum absolute atomic E-state index is 12.3. The second-order valence-corrected chi connectivity index (χ2v) is 6.03. The van der Waals surface area contributed by atoms with Crippen molar-refractivity contribution in [3.05, 3.63) is 65.2 Å². The van der Waals surface area contributed by atoms with Gasteiger partial charge >= 0.3 is 0 Å². The molecule has 0 saturated heterocycles. The van der Waals surface area contributed by atoms with Crippen LogP contribution in [0.4, 0.5) is 0 Å². The van der Waals surface area contributed by atoms with Gasteiger partial charge in [-0.15, -0.1) is 0 Å². The SMILES string of the molecule is CCCOc1ccccc1C(=O)NNC(=O)c1ccc(C(C)C)cc1. The first kappa shape index (κ1) is 18.5. The molecular weight excluding hydrogens is 316 g/mol. The third kappa shape index (κ3) is 5.08. The number of benzene rings is 2. The van der Waals surface area contributed by atoms with Crippen LogP contribution in [0.2, 0.25) is 0 Å². The Labute approximate surface area is 148 Å². The topological polar surface area (TPSA) is 67.4 Å². The van der Waals surface area contributed by atoms with E-state index in [-0.39, 0.29) is 5.91 Å². The predicted octanol–water partition coefficient (Wildman–Crippen LogP) is 3.67. The van der Waals surface area contributed by atoms with Crippen LogP contribution < -0.4 is 15.6 Å². The molecule has 0 aromatic heterocycles. The molecule has 0 bridgehead atoms. The Bertz CT molecular complexity index is 724. The maximum atomic E-state index is 12.3. The standard InChI is InChI=1S/C20H24N2O3/c1-4-13-25-18-8-6-5-7-17(18)20(24)22-21-19(23)16-11-9-15(10-12-16)14(2)3/h5-12,14H,4,13H2,1-3H3,(H,21,23)(H,22,24). The molecule has 2 aromatic rings. The Balaban J connectivity index is 1.98. The highest BCUT2D eigenvalue weighted by molar-refractivity contribution is 6.00. The van der Waals surface area contributed by atoms with E-state index in [1.165, 1.54) is 0 Å². The normalized spacial score (nSPS) is 10.4. The number of amides is 2. The third-order valence-electron chi connectivity index (χ3n) is 3.72. The zero-order valence-electron chi connectivity index (χ0n) is 14.8. The number of hydrogen-bond acceptors (Lipinski definition) is 3. The molecule has 5 nitrogen and oxygen atoms in total. The van der Waals surface area contributed by atoms with Gasteiger partial charge in [-0.3, -0.25) is 20.4 Å². The number of carbonyl (C=O) groups is 2. The average Bonchev–Trinajstić information content (AvgIpc) is 2.64. The fourth-order valence-corrected chi connectivity index (χ4v) is 2.26. The lowest BCUT2D eigenvalue weighted by Crippen LogP contribution is -2.41. The smallest absolute Gasteiger partial charge is 0.273 e. The van der Waals surface area contributed by atoms with Crippen molar-refractivity contribution < 1.29 is 14.3 Å². The maximum Gasteiger partial charge on any atom is 0.273 e.